The van der Waals surface area contributed by atoms with Crippen molar-refractivity contribution in [3.8, 4) is 11.5 Å². The summed E-state index contributed by atoms with van der Waals surface area (Å²) >= 11 is 5.67. The lowest BCUT2D eigenvalue weighted by Gasteiger charge is -2.05. The maximum Gasteiger partial charge on any atom is 0.153 e. The monoisotopic (exact) mass is 186 g/mol. The van der Waals surface area contributed by atoms with Gasteiger partial charge in [-0.05, 0) is 6.07 Å². The summed E-state index contributed by atoms with van der Waals surface area (Å²) in [5.74, 6) is 0.229. The molecule has 0 bridgehead atoms. The highest BCUT2D eigenvalue weighted by atomic mass is 35.5. The Hall–Kier alpha value is -1.22. The minimum atomic E-state index is -0.0529. The Morgan fingerprint density at radius 2 is 2.25 bits per heavy atom. The molecule has 4 heteroatoms. The van der Waals surface area contributed by atoms with E-state index in [2.05, 4.69) is 0 Å². The normalized spacial score (nSPS) is 9.50. The SMILES string of the molecule is COc1c(Cl)cc(O)cc1C=O. The summed E-state index contributed by atoms with van der Waals surface area (Å²) in [5, 5.41) is 9.27. The van der Waals surface area contributed by atoms with Crippen molar-refractivity contribution in [2.45, 2.75) is 0 Å². The quantitative estimate of drug-likeness (QED) is 0.718. The van der Waals surface area contributed by atoms with E-state index in [-0.39, 0.29) is 22.1 Å². The minimum Gasteiger partial charge on any atom is -0.508 e. The van der Waals surface area contributed by atoms with Gasteiger partial charge in [-0.3, -0.25) is 4.79 Å². The van der Waals surface area contributed by atoms with E-state index < -0.39 is 0 Å². The highest BCUT2D eigenvalue weighted by molar-refractivity contribution is 6.32. The van der Waals surface area contributed by atoms with E-state index in [9.17, 15) is 4.79 Å². The predicted molar refractivity (Wildman–Crippen MR) is 45.1 cm³/mol. The molecule has 0 aromatic heterocycles. The molecule has 0 amide bonds. The average molecular weight is 187 g/mol. The molecule has 0 aliphatic rings. The Balaban J connectivity index is 3.33. The number of phenols is 1. The number of aromatic hydroxyl groups is 1. The fraction of sp³-hybridized carbons (Fsp3) is 0.125. The van der Waals surface area contributed by atoms with Crippen molar-refractivity contribution in [2.24, 2.45) is 0 Å². The second-order valence-corrected chi connectivity index (χ2v) is 2.58. The highest BCUT2D eigenvalue weighted by Gasteiger charge is 2.08. The molecule has 1 N–H and O–H groups in total. The van der Waals surface area contributed by atoms with Gasteiger partial charge in [0.1, 0.15) is 11.5 Å². The molecule has 0 radical (unpaired) electrons. The molecule has 0 unspecified atom stereocenters. The van der Waals surface area contributed by atoms with Gasteiger partial charge in [0.25, 0.3) is 0 Å². The number of methoxy groups -OCH3 is 1. The van der Waals surface area contributed by atoms with Gasteiger partial charge >= 0.3 is 0 Å². The molecule has 64 valence electrons. The number of rotatable bonds is 2. The van der Waals surface area contributed by atoms with Crippen LogP contribution in [0.2, 0.25) is 5.02 Å². The van der Waals surface area contributed by atoms with Crippen LogP contribution in [0.5, 0.6) is 11.5 Å². The smallest absolute Gasteiger partial charge is 0.153 e. The lowest BCUT2D eigenvalue weighted by Crippen LogP contribution is -1.90. The van der Waals surface area contributed by atoms with E-state index >= 15 is 0 Å². The second-order valence-electron chi connectivity index (χ2n) is 2.17. The number of benzene rings is 1. The van der Waals surface area contributed by atoms with E-state index in [1.54, 1.807) is 0 Å². The molecule has 0 saturated heterocycles. The lowest BCUT2D eigenvalue weighted by molar-refractivity contribution is 0.112. The number of hydrogen-bond acceptors (Lipinski definition) is 3. The number of carbonyl (C=O) groups excluding carboxylic acids is 1. The van der Waals surface area contributed by atoms with Crippen LogP contribution in [0, 0.1) is 0 Å². The van der Waals surface area contributed by atoms with Crippen LogP contribution in [0.4, 0.5) is 0 Å². The number of carbonyl (C=O) groups is 1. The molecule has 1 aromatic rings. The molecule has 0 spiro atoms. The highest BCUT2D eigenvalue weighted by Crippen LogP contribution is 2.31. The summed E-state index contributed by atoms with van der Waals surface area (Å²) in [6, 6.07) is 2.60. The third-order valence-corrected chi connectivity index (χ3v) is 1.67. The summed E-state index contributed by atoms with van der Waals surface area (Å²) in [5.41, 5.74) is 0.238. The van der Waals surface area contributed by atoms with Gasteiger partial charge in [-0.25, -0.2) is 0 Å². The third kappa shape index (κ3) is 1.51. The largest absolute Gasteiger partial charge is 0.508 e. The van der Waals surface area contributed by atoms with Gasteiger partial charge in [0, 0.05) is 6.07 Å². The first kappa shape index (κ1) is 8.87. The minimum absolute atomic E-state index is 0.0529. The molecular weight excluding hydrogens is 180 g/mol. The van der Waals surface area contributed by atoms with E-state index in [1.165, 1.54) is 19.2 Å². The van der Waals surface area contributed by atoms with Crippen molar-refractivity contribution in [1.29, 1.82) is 0 Å². The second kappa shape index (κ2) is 3.45. The molecule has 0 aliphatic heterocycles. The molecule has 3 nitrogen and oxygen atoms in total. The summed E-state index contributed by atoms with van der Waals surface area (Å²) in [4.78, 5) is 10.4. The number of ether oxygens (including phenoxy) is 1. The summed E-state index contributed by atoms with van der Waals surface area (Å²) < 4.78 is 4.85. The van der Waals surface area contributed by atoms with Gasteiger partial charge in [0.2, 0.25) is 0 Å². The van der Waals surface area contributed by atoms with Crippen LogP contribution in [0.15, 0.2) is 12.1 Å². The van der Waals surface area contributed by atoms with Crippen molar-refractivity contribution < 1.29 is 14.6 Å². The van der Waals surface area contributed by atoms with Crippen LogP contribution in [-0.4, -0.2) is 18.5 Å². The fourth-order valence-electron chi connectivity index (χ4n) is 0.903. The maximum atomic E-state index is 10.4. The fourth-order valence-corrected chi connectivity index (χ4v) is 1.20. The number of halogens is 1. The molecule has 1 rings (SSSR count). The van der Waals surface area contributed by atoms with Crippen molar-refractivity contribution in [1.82, 2.24) is 0 Å². The zero-order valence-corrected chi connectivity index (χ0v) is 7.13. The Labute approximate surface area is 74.5 Å². The topological polar surface area (TPSA) is 46.5 Å². The van der Waals surface area contributed by atoms with Gasteiger partial charge < -0.3 is 9.84 Å². The van der Waals surface area contributed by atoms with E-state index in [0.29, 0.717) is 6.29 Å². The summed E-state index contributed by atoms with van der Waals surface area (Å²) in [7, 11) is 1.41. The maximum absolute atomic E-state index is 10.4. The van der Waals surface area contributed by atoms with E-state index in [0.717, 1.165) is 0 Å². The van der Waals surface area contributed by atoms with Crippen LogP contribution in [-0.2, 0) is 0 Å². The molecule has 0 aliphatic carbocycles. The van der Waals surface area contributed by atoms with Crippen LogP contribution in [0.25, 0.3) is 0 Å². The Kier molecular flexibility index (Phi) is 2.55. The van der Waals surface area contributed by atoms with Crippen LogP contribution in [0.1, 0.15) is 10.4 Å². The molecule has 0 atom stereocenters. The molecule has 12 heavy (non-hydrogen) atoms. The zero-order valence-electron chi connectivity index (χ0n) is 6.37. The first-order valence-electron chi connectivity index (χ1n) is 3.20. The summed E-state index contributed by atoms with van der Waals surface area (Å²) in [6.07, 6.45) is 0.574. The lowest BCUT2D eigenvalue weighted by atomic mass is 10.2. The molecule has 1 aromatic carbocycles. The first-order valence-corrected chi connectivity index (χ1v) is 3.58. The summed E-state index contributed by atoms with van der Waals surface area (Å²) in [6.45, 7) is 0. The van der Waals surface area contributed by atoms with Crippen LogP contribution >= 0.6 is 11.6 Å². The number of aldehydes is 1. The van der Waals surface area contributed by atoms with Crippen molar-refractivity contribution in [3.63, 3.8) is 0 Å². The average Bonchev–Trinajstić information content (AvgIpc) is 2.03. The number of phenolic OH excluding ortho intramolecular Hbond substituents is 1. The molecule has 0 heterocycles. The number of hydrogen-bond donors (Lipinski definition) is 1. The van der Waals surface area contributed by atoms with Crippen molar-refractivity contribution >= 4 is 17.9 Å². The van der Waals surface area contributed by atoms with Gasteiger partial charge in [-0.2, -0.15) is 0 Å². The first-order chi connectivity index (χ1) is 5.69. The molecular formula is C8H7ClO3. The van der Waals surface area contributed by atoms with Crippen LogP contribution < -0.4 is 4.74 Å². The van der Waals surface area contributed by atoms with E-state index in [1.807, 2.05) is 0 Å². The Morgan fingerprint density at radius 1 is 1.58 bits per heavy atom. The standard InChI is InChI=1S/C8H7ClO3/c1-12-8-5(4-10)2-6(11)3-7(8)9/h2-4,11H,1H3. The van der Waals surface area contributed by atoms with Crippen LogP contribution in [0.3, 0.4) is 0 Å². The van der Waals surface area contributed by atoms with Gasteiger partial charge in [0.05, 0.1) is 17.7 Å². The third-order valence-electron chi connectivity index (χ3n) is 1.39. The molecule has 0 fully saturated rings. The van der Waals surface area contributed by atoms with Gasteiger partial charge in [-0.15, -0.1) is 0 Å². The Morgan fingerprint density at radius 3 is 2.75 bits per heavy atom. The molecule has 0 saturated carbocycles. The van der Waals surface area contributed by atoms with Gasteiger partial charge in [-0.1, -0.05) is 11.6 Å². The zero-order chi connectivity index (χ0) is 9.14. The van der Waals surface area contributed by atoms with Crippen molar-refractivity contribution in [3.05, 3.63) is 22.7 Å². The van der Waals surface area contributed by atoms with Gasteiger partial charge in [0.15, 0.2) is 6.29 Å². The van der Waals surface area contributed by atoms with E-state index in [4.69, 9.17) is 21.4 Å². The predicted octanol–water partition coefficient (Wildman–Crippen LogP) is 1.87. The Bertz CT molecular complexity index is 309. The van der Waals surface area contributed by atoms with Crippen molar-refractivity contribution in [2.75, 3.05) is 7.11 Å².